The van der Waals surface area contributed by atoms with Crippen LogP contribution < -0.4 is 0 Å². The Balaban J connectivity index is 1.32. The Kier molecular flexibility index (Phi) is 5.84. The van der Waals surface area contributed by atoms with E-state index in [1.807, 2.05) is 24.3 Å². The van der Waals surface area contributed by atoms with Gasteiger partial charge in [0.1, 0.15) is 0 Å². The number of halogens is 1. The molecule has 0 radical (unpaired) electrons. The van der Waals surface area contributed by atoms with E-state index in [0.717, 1.165) is 37.3 Å². The quantitative estimate of drug-likeness (QED) is 0.450. The highest BCUT2D eigenvalue weighted by Gasteiger charge is 2.22. The van der Waals surface area contributed by atoms with E-state index in [1.54, 1.807) is 24.3 Å². The number of nitro benzene ring substituents is 1. The number of para-hydroxylation sites is 1. The molecule has 1 aromatic heterocycles. The van der Waals surface area contributed by atoms with E-state index in [4.69, 9.17) is 16.1 Å². The van der Waals surface area contributed by atoms with Gasteiger partial charge in [-0.2, -0.15) is 4.98 Å². The smallest absolute Gasteiger partial charge is 0.273 e. The second-order valence-electron chi connectivity index (χ2n) is 6.96. The Hall–Kier alpha value is -2.81. The van der Waals surface area contributed by atoms with Gasteiger partial charge in [-0.1, -0.05) is 35.0 Å². The summed E-state index contributed by atoms with van der Waals surface area (Å²) in [6.45, 7) is 4.47. The maximum atomic E-state index is 11.2. The highest BCUT2D eigenvalue weighted by molar-refractivity contribution is 6.30. The molecule has 0 spiro atoms. The molecule has 2 heterocycles. The SMILES string of the molecule is O=[N+]([O-])c1ccccc1CN1CCN(Cc2nc(-c3ccc(Cl)cc3)no2)CC1. The molecule has 1 aliphatic rings. The summed E-state index contributed by atoms with van der Waals surface area (Å²) in [6, 6.07) is 14.2. The minimum atomic E-state index is -0.320. The summed E-state index contributed by atoms with van der Waals surface area (Å²) in [4.78, 5) is 19.8. The molecule has 0 N–H and O–H groups in total. The maximum absolute atomic E-state index is 11.2. The van der Waals surface area contributed by atoms with Crippen molar-refractivity contribution in [1.29, 1.82) is 0 Å². The van der Waals surface area contributed by atoms with Crippen molar-refractivity contribution in [3.63, 3.8) is 0 Å². The first-order chi connectivity index (χ1) is 14.1. The maximum Gasteiger partial charge on any atom is 0.273 e. The molecule has 0 amide bonds. The average Bonchev–Trinajstić information content (AvgIpc) is 3.19. The number of hydrogen-bond acceptors (Lipinski definition) is 7. The minimum Gasteiger partial charge on any atom is -0.338 e. The summed E-state index contributed by atoms with van der Waals surface area (Å²) in [6.07, 6.45) is 0. The Bertz CT molecular complexity index is 984. The fourth-order valence-corrected chi connectivity index (χ4v) is 3.52. The van der Waals surface area contributed by atoms with Crippen molar-refractivity contribution in [2.24, 2.45) is 0 Å². The molecule has 0 unspecified atom stereocenters. The van der Waals surface area contributed by atoms with E-state index in [2.05, 4.69) is 19.9 Å². The third-order valence-electron chi connectivity index (χ3n) is 4.98. The average molecular weight is 414 g/mol. The first-order valence-electron chi connectivity index (χ1n) is 9.34. The molecule has 0 saturated carbocycles. The predicted octanol–water partition coefficient (Wildman–Crippen LogP) is 3.62. The van der Waals surface area contributed by atoms with Crippen molar-refractivity contribution >= 4 is 17.3 Å². The number of rotatable bonds is 6. The zero-order chi connectivity index (χ0) is 20.2. The van der Waals surface area contributed by atoms with Crippen LogP contribution in [0.2, 0.25) is 5.02 Å². The topological polar surface area (TPSA) is 88.5 Å². The van der Waals surface area contributed by atoms with E-state index in [-0.39, 0.29) is 10.6 Å². The summed E-state index contributed by atoms with van der Waals surface area (Å²) in [5.74, 6) is 1.12. The van der Waals surface area contributed by atoms with E-state index >= 15 is 0 Å². The predicted molar refractivity (Wildman–Crippen MR) is 108 cm³/mol. The normalized spacial score (nSPS) is 15.5. The minimum absolute atomic E-state index is 0.176. The standard InChI is InChI=1S/C20H20ClN5O3/c21-17-7-5-15(6-8-17)20-22-19(29-23-20)14-25-11-9-24(10-12-25)13-16-3-1-2-4-18(16)26(27)28/h1-8H,9-14H2. The van der Waals surface area contributed by atoms with Gasteiger partial charge in [0, 0.05) is 54.9 Å². The Morgan fingerprint density at radius 2 is 1.66 bits per heavy atom. The third kappa shape index (κ3) is 4.79. The summed E-state index contributed by atoms with van der Waals surface area (Å²) < 4.78 is 5.39. The number of hydrogen-bond donors (Lipinski definition) is 0. The van der Waals surface area contributed by atoms with Crippen molar-refractivity contribution in [2.45, 2.75) is 13.1 Å². The van der Waals surface area contributed by atoms with E-state index in [9.17, 15) is 10.1 Å². The lowest BCUT2D eigenvalue weighted by Crippen LogP contribution is -2.45. The van der Waals surface area contributed by atoms with Gasteiger partial charge in [0.15, 0.2) is 0 Å². The first kappa shape index (κ1) is 19.5. The van der Waals surface area contributed by atoms with E-state index in [1.165, 1.54) is 0 Å². The number of nitrogens with zero attached hydrogens (tertiary/aromatic N) is 5. The number of nitro groups is 1. The molecule has 3 aromatic rings. The van der Waals surface area contributed by atoms with Crippen LogP contribution in [0.5, 0.6) is 0 Å². The first-order valence-corrected chi connectivity index (χ1v) is 9.72. The van der Waals surface area contributed by atoms with Crippen LogP contribution in [0.3, 0.4) is 0 Å². The fraction of sp³-hybridized carbons (Fsp3) is 0.300. The highest BCUT2D eigenvalue weighted by atomic mass is 35.5. The fourth-order valence-electron chi connectivity index (χ4n) is 3.40. The molecule has 150 valence electrons. The number of benzene rings is 2. The van der Waals surface area contributed by atoms with Crippen LogP contribution in [0.15, 0.2) is 53.1 Å². The van der Waals surface area contributed by atoms with Gasteiger partial charge in [-0.3, -0.25) is 19.9 Å². The molecule has 0 bridgehead atoms. The van der Waals surface area contributed by atoms with Crippen LogP contribution in [-0.2, 0) is 13.1 Å². The van der Waals surface area contributed by atoms with Gasteiger partial charge < -0.3 is 4.52 Å². The van der Waals surface area contributed by atoms with Gasteiger partial charge in [0.05, 0.1) is 11.5 Å². The molecule has 1 fully saturated rings. The third-order valence-corrected chi connectivity index (χ3v) is 5.23. The van der Waals surface area contributed by atoms with Gasteiger partial charge in [0.25, 0.3) is 5.69 Å². The molecule has 2 aromatic carbocycles. The zero-order valence-electron chi connectivity index (χ0n) is 15.7. The van der Waals surface area contributed by atoms with Crippen LogP contribution in [0.4, 0.5) is 5.69 Å². The van der Waals surface area contributed by atoms with Crippen molar-refractivity contribution in [3.05, 3.63) is 75.1 Å². The molecular weight excluding hydrogens is 394 g/mol. The van der Waals surface area contributed by atoms with E-state index < -0.39 is 0 Å². The molecule has 8 nitrogen and oxygen atoms in total. The van der Waals surface area contributed by atoms with Crippen LogP contribution in [0.25, 0.3) is 11.4 Å². The molecule has 9 heteroatoms. The molecular formula is C20H20ClN5O3. The lowest BCUT2D eigenvalue weighted by Gasteiger charge is -2.33. The Morgan fingerprint density at radius 1 is 1.00 bits per heavy atom. The monoisotopic (exact) mass is 413 g/mol. The van der Waals surface area contributed by atoms with Gasteiger partial charge in [-0.05, 0) is 24.3 Å². The van der Waals surface area contributed by atoms with E-state index in [0.29, 0.717) is 29.8 Å². The summed E-state index contributed by atoms with van der Waals surface area (Å²) in [5.41, 5.74) is 1.78. The van der Waals surface area contributed by atoms with Crippen molar-refractivity contribution in [2.75, 3.05) is 26.2 Å². The van der Waals surface area contributed by atoms with Gasteiger partial charge in [-0.25, -0.2) is 0 Å². The van der Waals surface area contributed by atoms with Crippen LogP contribution in [0, 0.1) is 10.1 Å². The summed E-state index contributed by atoms with van der Waals surface area (Å²) in [7, 11) is 0. The molecule has 0 aliphatic carbocycles. The second-order valence-corrected chi connectivity index (χ2v) is 7.39. The molecule has 29 heavy (non-hydrogen) atoms. The van der Waals surface area contributed by atoms with Crippen LogP contribution >= 0.6 is 11.6 Å². The largest absolute Gasteiger partial charge is 0.338 e. The highest BCUT2D eigenvalue weighted by Crippen LogP contribution is 2.21. The van der Waals surface area contributed by atoms with Crippen molar-refractivity contribution in [1.82, 2.24) is 19.9 Å². The van der Waals surface area contributed by atoms with Crippen molar-refractivity contribution in [3.8, 4) is 11.4 Å². The second kappa shape index (κ2) is 8.69. The molecule has 1 aliphatic heterocycles. The lowest BCUT2D eigenvalue weighted by atomic mass is 10.1. The van der Waals surface area contributed by atoms with Crippen LogP contribution in [-0.4, -0.2) is 51.0 Å². The molecule has 0 atom stereocenters. The van der Waals surface area contributed by atoms with Gasteiger partial charge in [0.2, 0.25) is 11.7 Å². The lowest BCUT2D eigenvalue weighted by molar-refractivity contribution is -0.385. The summed E-state index contributed by atoms with van der Waals surface area (Å²) >= 11 is 5.91. The Morgan fingerprint density at radius 3 is 2.34 bits per heavy atom. The Labute approximate surface area is 172 Å². The number of piperazine rings is 1. The molecule has 4 rings (SSSR count). The zero-order valence-corrected chi connectivity index (χ0v) is 16.5. The van der Waals surface area contributed by atoms with Gasteiger partial charge in [-0.15, -0.1) is 0 Å². The number of aromatic nitrogens is 2. The van der Waals surface area contributed by atoms with Gasteiger partial charge >= 0.3 is 0 Å². The summed E-state index contributed by atoms with van der Waals surface area (Å²) in [5, 5.41) is 15.9. The molecule has 1 saturated heterocycles. The van der Waals surface area contributed by atoms with Crippen LogP contribution in [0.1, 0.15) is 11.5 Å². The van der Waals surface area contributed by atoms with Crippen molar-refractivity contribution < 1.29 is 9.45 Å².